The van der Waals surface area contributed by atoms with Crippen molar-refractivity contribution in [2.45, 2.75) is 77.8 Å². The van der Waals surface area contributed by atoms with E-state index >= 15 is 0 Å². The van der Waals surface area contributed by atoms with E-state index in [1.165, 1.54) is 11.1 Å². The third-order valence-corrected chi connectivity index (χ3v) is 7.07. The molecule has 3 aliphatic rings. The molecule has 5 nitrogen and oxygen atoms in total. The molecule has 1 heterocycles. The Kier molecular flexibility index (Phi) is 7.30. The Hall–Kier alpha value is -2.50. The molecule has 0 saturated carbocycles. The molecule has 0 bridgehead atoms. The van der Waals surface area contributed by atoms with Gasteiger partial charge in [-0.05, 0) is 55.4 Å². The summed E-state index contributed by atoms with van der Waals surface area (Å²) in [6, 6.07) is 16.4. The van der Waals surface area contributed by atoms with Crippen LogP contribution in [0.2, 0.25) is 0 Å². The Morgan fingerprint density at radius 3 is 2.03 bits per heavy atom. The fraction of sp³-hybridized carbons (Fsp3) is 0.500. The Bertz CT molecular complexity index is 999. The highest BCUT2D eigenvalue weighted by atomic mass is 16.6. The summed E-state index contributed by atoms with van der Waals surface area (Å²) in [6.45, 7) is 8.32. The number of fused-ring (bicyclic) bond motifs is 3. The van der Waals surface area contributed by atoms with Gasteiger partial charge in [-0.1, -0.05) is 62.4 Å². The monoisotopic (exact) mass is 450 g/mol. The Balaban J connectivity index is 0.000000172. The number of rotatable bonds is 6. The van der Waals surface area contributed by atoms with Crippen molar-refractivity contribution in [3.63, 3.8) is 0 Å². The van der Waals surface area contributed by atoms with Gasteiger partial charge in [0.25, 0.3) is 0 Å². The Morgan fingerprint density at radius 1 is 0.818 bits per heavy atom. The van der Waals surface area contributed by atoms with Crippen molar-refractivity contribution in [3.05, 3.63) is 70.8 Å². The molecule has 5 heteroatoms. The minimum atomic E-state index is -0.494. The van der Waals surface area contributed by atoms with E-state index in [0.29, 0.717) is 18.6 Å². The van der Waals surface area contributed by atoms with Gasteiger partial charge in [0.05, 0.1) is 30.3 Å². The summed E-state index contributed by atoms with van der Waals surface area (Å²) in [5, 5.41) is 0. The number of cyclic esters (lactones) is 2. The maximum atomic E-state index is 12.0. The van der Waals surface area contributed by atoms with Crippen molar-refractivity contribution >= 4 is 11.9 Å². The van der Waals surface area contributed by atoms with Crippen LogP contribution in [-0.4, -0.2) is 24.1 Å². The van der Waals surface area contributed by atoms with Gasteiger partial charge in [0.1, 0.15) is 5.92 Å². The second-order valence-electron chi connectivity index (χ2n) is 9.30. The van der Waals surface area contributed by atoms with E-state index in [2.05, 4.69) is 38.1 Å². The van der Waals surface area contributed by atoms with Crippen molar-refractivity contribution < 1.29 is 23.8 Å². The van der Waals surface area contributed by atoms with Crippen LogP contribution in [0, 0.1) is 11.8 Å². The van der Waals surface area contributed by atoms with Crippen LogP contribution in [0.5, 0.6) is 0 Å². The maximum absolute atomic E-state index is 12.0. The van der Waals surface area contributed by atoms with Crippen molar-refractivity contribution in [3.8, 4) is 0 Å². The first kappa shape index (κ1) is 23.7. The van der Waals surface area contributed by atoms with Gasteiger partial charge in [-0.2, -0.15) is 0 Å². The fourth-order valence-electron chi connectivity index (χ4n) is 4.74. The van der Waals surface area contributed by atoms with E-state index in [1.54, 1.807) is 0 Å². The van der Waals surface area contributed by atoms with Gasteiger partial charge in [-0.25, -0.2) is 0 Å². The van der Waals surface area contributed by atoms with Gasteiger partial charge < -0.3 is 14.2 Å². The van der Waals surface area contributed by atoms with Crippen LogP contribution in [-0.2, 0) is 36.6 Å². The normalized spacial score (nSPS) is 26.5. The molecule has 33 heavy (non-hydrogen) atoms. The molecule has 2 aromatic carbocycles. The summed E-state index contributed by atoms with van der Waals surface area (Å²) in [7, 11) is 0. The first-order valence-electron chi connectivity index (χ1n) is 12.1. The SMILES string of the molecule is CCC(C)OC1Cc2ccccc21.CCC(C)OC1c2ccccc2CC2C(=O)OC(=O)C21. The van der Waals surface area contributed by atoms with E-state index in [1.807, 2.05) is 38.1 Å². The zero-order chi connectivity index (χ0) is 23.5. The van der Waals surface area contributed by atoms with Gasteiger partial charge in [0.2, 0.25) is 0 Å². The van der Waals surface area contributed by atoms with Gasteiger partial charge >= 0.3 is 11.9 Å². The number of esters is 2. The summed E-state index contributed by atoms with van der Waals surface area (Å²) >= 11 is 0. The van der Waals surface area contributed by atoms with E-state index in [4.69, 9.17) is 14.2 Å². The number of hydrogen-bond donors (Lipinski definition) is 0. The zero-order valence-electron chi connectivity index (χ0n) is 20.0. The van der Waals surface area contributed by atoms with Crippen LogP contribution >= 0.6 is 0 Å². The molecule has 6 unspecified atom stereocenters. The van der Waals surface area contributed by atoms with Crippen LogP contribution < -0.4 is 0 Å². The molecule has 0 radical (unpaired) electrons. The highest BCUT2D eigenvalue weighted by Crippen LogP contribution is 2.45. The van der Waals surface area contributed by atoms with Crippen molar-refractivity contribution in [1.82, 2.24) is 0 Å². The highest BCUT2D eigenvalue weighted by molar-refractivity contribution is 5.97. The van der Waals surface area contributed by atoms with Crippen LogP contribution in [0.1, 0.15) is 75.0 Å². The average molecular weight is 451 g/mol. The Morgan fingerprint density at radius 2 is 1.39 bits per heavy atom. The minimum absolute atomic E-state index is 0.0373. The van der Waals surface area contributed by atoms with Crippen LogP contribution in [0.4, 0.5) is 0 Å². The lowest BCUT2D eigenvalue weighted by atomic mass is 9.75. The molecule has 5 rings (SSSR count). The van der Waals surface area contributed by atoms with Crippen molar-refractivity contribution in [2.24, 2.45) is 11.8 Å². The quantitative estimate of drug-likeness (QED) is 0.429. The van der Waals surface area contributed by atoms with Crippen molar-refractivity contribution in [1.29, 1.82) is 0 Å². The first-order chi connectivity index (χ1) is 15.9. The van der Waals surface area contributed by atoms with Crippen molar-refractivity contribution in [2.75, 3.05) is 0 Å². The molecule has 0 spiro atoms. The van der Waals surface area contributed by atoms with Gasteiger partial charge in [0.15, 0.2) is 0 Å². The molecule has 0 amide bonds. The first-order valence-corrected chi connectivity index (χ1v) is 12.1. The molecule has 0 N–H and O–H groups in total. The molecule has 1 fully saturated rings. The smallest absolute Gasteiger partial charge is 0.320 e. The largest absolute Gasteiger partial charge is 0.393 e. The number of benzene rings is 2. The summed E-state index contributed by atoms with van der Waals surface area (Å²) in [4.78, 5) is 23.8. The zero-order valence-corrected chi connectivity index (χ0v) is 20.0. The summed E-state index contributed by atoms with van der Waals surface area (Å²) < 4.78 is 16.7. The lowest BCUT2D eigenvalue weighted by Gasteiger charge is -2.33. The Labute approximate surface area is 196 Å². The predicted molar refractivity (Wildman–Crippen MR) is 126 cm³/mol. The van der Waals surface area contributed by atoms with Gasteiger partial charge in [0, 0.05) is 6.42 Å². The lowest BCUT2D eigenvalue weighted by molar-refractivity contribution is -0.155. The predicted octanol–water partition coefficient (Wildman–Crippen LogP) is 5.51. The molecule has 6 atom stereocenters. The summed E-state index contributed by atoms with van der Waals surface area (Å²) in [6.07, 6.45) is 4.03. The van der Waals surface area contributed by atoms with Crippen LogP contribution in [0.15, 0.2) is 48.5 Å². The minimum Gasteiger partial charge on any atom is -0.393 e. The number of carbonyl (C=O) groups excluding carboxylic acids is 2. The molecule has 0 aromatic heterocycles. The second kappa shape index (κ2) is 10.2. The number of ether oxygens (including phenoxy) is 3. The third-order valence-electron chi connectivity index (χ3n) is 7.07. The highest BCUT2D eigenvalue weighted by Gasteiger charge is 2.52. The topological polar surface area (TPSA) is 61.8 Å². The van der Waals surface area contributed by atoms with E-state index in [0.717, 1.165) is 30.4 Å². The molecular weight excluding hydrogens is 416 g/mol. The molecule has 2 aliphatic carbocycles. The molecule has 1 saturated heterocycles. The fourth-order valence-corrected chi connectivity index (χ4v) is 4.74. The second-order valence-corrected chi connectivity index (χ2v) is 9.30. The molecular formula is C28H34O5. The number of hydrogen-bond acceptors (Lipinski definition) is 5. The standard InChI is InChI=1S/C16H18O4.C12H16O/c1-3-9(2)19-14-11-7-5-4-6-10(11)8-12-13(14)16(18)20-15(12)17;1-3-9(2)13-12-8-10-6-4-5-7-11(10)12/h4-7,9,12-14H,3,8H2,1-2H3;4-7,9,12H,3,8H2,1-2H3. The van der Waals surface area contributed by atoms with E-state index in [9.17, 15) is 9.59 Å². The summed E-state index contributed by atoms with van der Waals surface area (Å²) in [5.41, 5.74) is 4.94. The maximum Gasteiger partial charge on any atom is 0.320 e. The van der Waals surface area contributed by atoms with Crippen LogP contribution in [0.3, 0.4) is 0 Å². The molecule has 2 aromatic rings. The van der Waals surface area contributed by atoms with Gasteiger partial charge in [-0.3, -0.25) is 9.59 Å². The average Bonchev–Trinajstić information content (AvgIpc) is 3.10. The number of carbonyl (C=O) groups is 2. The molecule has 176 valence electrons. The van der Waals surface area contributed by atoms with E-state index < -0.39 is 23.8 Å². The summed E-state index contributed by atoms with van der Waals surface area (Å²) in [5.74, 6) is -1.74. The molecule has 1 aliphatic heterocycles. The van der Waals surface area contributed by atoms with Gasteiger partial charge in [-0.15, -0.1) is 0 Å². The third kappa shape index (κ3) is 4.90. The van der Waals surface area contributed by atoms with E-state index in [-0.39, 0.29) is 12.2 Å². The van der Waals surface area contributed by atoms with Crippen LogP contribution in [0.25, 0.3) is 0 Å². The lowest BCUT2D eigenvalue weighted by Crippen LogP contribution is -2.34.